The Morgan fingerprint density at radius 3 is 2.76 bits per heavy atom. The van der Waals surface area contributed by atoms with Crippen molar-refractivity contribution < 1.29 is 4.79 Å². The summed E-state index contributed by atoms with van der Waals surface area (Å²) < 4.78 is 0. The molecule has 2 aliphatic rings. The third kappa shape index (κ3) is 3.96. The Hall–Kier alpha value is -0.610. The highest BCUT2D eigenvalue weighted by atomic mass is 16.2. The average molecular weight is 239 g/mol. The topological polar surface area (TPSA) is 44.4 Å². The van der Waals surface area contributed by atoms with Crippen LogP contribution < -0.4 is 10.6 Å². The molecule has 0 aromatic carbocycles. The molecule has 4 heteroatoms. The summed E-state index contributed by atoms with van der Waals surface area (Å²) in [7, 11) is 2.00. The number of nitrogens with zero attached hydrogens (tertiary/aromatic N) is 1. The minimum absolute atomic E-state index is 0.202. The molecule has 0 aromatic rings. The van der Waals surface area contributed by atoms with Crippen LogP contribution in [0, 0.1) is 5.92 Å². The normalized spacial score (nSPS) is 26.5. The summed E-state index contributed by atoms with van der Waals surface area (Å²) >= 11 is 0. The van der Waals surface area contributed by atoms with Gasteiger partial charge in [-0.1, -0.05) is 6.42 Å². The van der Waals surface area contributed by atoms with Gasteiger partial charge in [0.25, 0.3) is 0 Å². The molecule has 0 spiro atoms. The second-order valence-electron chi connectivity index (χ2n) is 5.46. The Labute approximate surface area is 104 Å². The zero-order chi connectivity index (χ0) is 12.1. The summed E-state index contributed by atoms with van der Waals surface area (Å²) in [5.74, 6) is 0.957. The first kappa shape index (κ1) is 12.8. The predicted molar refractivity (Wildman–Crippen MR) is 68.9 cm³/mol. The van der Waals surface area contributed by atoms with Crippen molar-refractivity contribution in [2.75, 3.05) is 33.2 Å². The van der Waals surface area contributed by atoms with Gasteiger partial charge in [-0.25, -0.2) is 0 Å². The predicted octanol–water partition coefficient (Wildman–Crippen LogP) is 0.587. The van der Waals surface area contributed by atoms with E-state index in [1.54, 1.807) is 0 Å². The minimum atomic E-state index is 0.202. The summed E-state index contributed by atoms with van der Waals surface area (Å²) in [6, 6.07) is 0.559. The lowest BCUT2D eigenvalue weighted by Gasteiger charge is -2.32. The van der Waals surface area contributed by atoms with E-state index in [0.717, 1.165) is 25.6 Å². The van der Waals surface area contributed by atoms with Gasteiger partial charge in [-0.05, 0) is 45.2 Å². The first-order chi connectivity index (χ1) is 8.28. The van der Waals surface area contributed by atoms with E-state index in [1.165, 1.54) is 32.1 Å². The molecule has 2 rings (SSSR count). The number of carbonyl (C=O) groups excluding carboxylic acids is 1. The fraction of sp³-hybridized carbons (Fsp3) is 0.923. The van der Waals surface area contributed by atoms with E-state index in [4.69, 9.17) is 0 Å². The van der Waals surface area contributed by atoms with Gasteiger partial charge >= 0.3 is 0 Å². The first-order valence-electron chi connectivity index (χ1n) is 6.94. The number of hydrogen-bond donors (Lipinski definition) is 2. The highest BCUT2D eigenvalue weighted by Gasteiger charge is 2.21. The molecule has 1 amide bonds. The molecule has 17 heavy (non-hydrogen) atoms. The maximum atomic E-state index is 11.8. The lowest BCUT2D eigenvalue weighted by molar-refractivity contribution is -0.122. The second kappa shape index (κ2) is 6.36. The number of likely N-dealkylation sites (N-methyl/N-ethyl adjacent to an activating group) is 1. The van der Waals surface area contributed by atoms with Gasteiger partial charge < -0.3 is 10.6 Å². The molecule has 1 aliphatic carbocycles. The van der Waals surface area contributed by atoms with Crippen LogP contribution in [0.4, 0.5) is 0 Å². The van der Waals surface area contributed by atoms with Crippen molar-refractivity contribution in [1.29, 1.82) is 0 Å². The molecule has 1 heterocycles. The molecule has 1 saturated carbocycles. The zero-order valence-electron chi connectivity index (χ0n) is 10.9. The van der Waals surface area contributed by atoms with Crippen molar-refractivity contribution >= 4 is 5.91 Å². The van der Waals surface area contributed by atoms with E-state index < -0.39 is 0 Å². The minimum Gasteiger partial charge on any atom is -0.355 e. The van der Waals surface area contributed by atoms with Crippen LogP contribution in [0.5, 0.6) is 0 Å². The highest BCUT2D eigenvalue weighted by Crippen LogP contribution is 2.25. The zero-order valence-corrected chi connectivity index (χ0v) is 10.9. The maximum absolute atomic E-state index is 11.8. The van der Waals surface area contributed by atoms with Gasteiger partial charge in [0.15, 0.2) is 0 Å². The van der Waals surface area contributed by atoms with E-state index in [1.807, 2.05) is 7.05 Å². The molecule has 0 bridgehead atoms. The molecule has 1 saturated heterocycles. The standard InChI is InChI=1S/C13H25N3O/c1-14-12-6-3-7-16(9-12)10-13(17)15-8-11-4-2-5-11/h11-12,14H,2-10H2,1H3,(H,15,17). The van der Waals surface area contributed by atoms with Crippen LogP contribution in [0.2, 0.25) is 0 Å². The summed E-state index contributed by atoms with van der Waals surface area (Å²) in [5.41, 5.74) is 0. The van der Waals surface area contributed by atoms with Gasteiger partial charge in [-0.3, -0.25) is 9.69 Å². The van der Waals surface area contributed by atoms with E-state index in [9.17, 15) is 4.79 Å². The van der Waals surface area contributed by atoms with Crippen LogP contribution >= 0.6 is 0 Å². The molecular formula is C13H25N3O. The fourth-order valence-corrected chi connectivity index (χ4v) is 2.65. The molecular weight excluding hydrogens is 214 g/mol. The Balaban J connectivity index is 1.63. The van der Waals surface area contributed by atoms with Crippen LogP contribution in [0.1, 0.15) is 32.1 Å². The van der Waals surface area contributed by atoms with Gasteiger partial charge in [0, 0.05) is 19.1 Å². The van der Waals surface area contributed by atoms with Gasteiger partial charge in [0.1, 0.15) is 0 Å². The Morgan fingerprint density at radius 1 is 1.29 bits per heavy atom. The second-order valence-corrected chi connectivity index (χ2v) is 5.46. The van der Waals surface area contributed by atoms with Gasteiger partial charge in [0.05, 0.1) is 6.54 Å². The molecule has 2 N–H and O–H groups in total. The number of hydrogen-bond acceptors (Lipinski definition) is 3. The Bertz CT molecular complexity index is 253. The maximum Gasteiger partial charge on any atom is 0.234 e. The molecule has 2 fully saturated rings. The lowest BCUT2D eigenvalue weighted by Crippen LogP contribution is -2.48. The van der Waals surface area contributed by atoms with E-state index in [2.05, 4.69) is 15.5 Å². The van der Waals surface area contributed by atoms with Gasteiger partial charge in [0.2, 0.25) is 5.91 Å². The number of likely N-dealkylation sites (tertiary alicyclic amines) is 1. The Morgan fingerprint density at radius 2 is 2.12 bits per heavy atom. The molecule has 1 atom stereocenters. The summed E-state index contributed by atoms with van der Waals surface area (Å²) in [4.78, 5) is 14.0. The third-order valence-corrected chi connectivity index (χ3v) is 4.09. The summed E-state index contributed by atoms with van der Waals surface area (Å²) in [5, 5.41) is 6.37. The van der Waals surface area contributed by atoms with Crippen LogP contribution in [0.25, 0.3) is 0 Å². The first-order valence-corrected chi connectivity index (χ1v) is 6.94. The van der Waals surface area contributed by atoms with Crippen LogP contribution in [0.15, 0.2) is 0 Å². The molecule has 4 nitrogen and oxygen atoms in total. The third-order valence-electron chi connectivity index (χ3n) is 4.09. The lowest BCUT2D eigenvalue weighted by atomic mass is 9.85. The van der Waals surface area contributed by atoms with Crippen LogP contribution in [0.3, 0.4) is 0 Å². The molecule has 1 aliphatic heterocycles. The highest BCUT2D eigenvalue weighted by molar-refractivity contribution is 5.78. The Kier molecular flexibility index (Phi) is 4.80. The van der Waals surface area contributed by atoms with Crippen molar-refractivity contribution in [3.05, 3.63) is 0 Å². The fourth-order valence-electron chi connectivity index (χ4n) is 2.65. The van der Waals surface area contributed by atoms with Gasteiger partial charge in [-0.2, -0.15) is 0 Å². The molecule has 1 unspecified atom stereocenters. The van der Waals surface area contributed by atoms with Crippen molar-refractivity contribution in [1.82, 2.24) is 15.5 Å². The number of rotatable bonds is 5. The van der Waals surface area contributed by atoms with Crippen LogP contribution in [-0.4, -0.2) is 50.1 Å². The summed E-state index contributed by atoms with van der Waals surface area (Å²) in [6.45, 7) is 3.54. The average Bonchev–Trinajstić information content (AvgIpc) is 2.27. The van der Waals surface area contributed by atoms with Gasteiger partial charge in [-0.15, -0.1) is 0 Å². The molecule has 0 aromatic heterocycles. The van der Waals surface area contributed by atoms with Crippen molar-refractivity contribution in [2.24, 2.45) is 5.92 Å². The molecule has 98 valence electrons. The van der Waals surface area contributed by atoms with Crippen molar-refractivity contribution in [3.63, 3.8) is 0 Å². The summed E-state index contributed by atoms with van der Waals surface area (Å²) in [6.07, 6.45) is 6.37. The largest absolute Gasteiger partial charge is 0.355 e. The number of nitrogens with one attached hydrogen (secondary N) is 2. The van der Waals surface area contributed by atoms with Crippen molar-refractivity contribution in [2.45, 2.75) is 38.1 Å². The number of piperidine rings is 1. The smallest absolute Gasteiger partial charge is 0.234 e. The van der Waals surface area contributed by atoms with Crippen LogP contribution in [-0.2, 0) is 4.79 Å². The monoisotopic (exact) mass is 239 g/mol. The SMILES string of the molecule is CNC1CCCN(CC(=O)NCC2CCC2)C1. The van der Waals surface area contributed by atoms with Crippen molar-refractivity contribution in [3.8, 4) is 0 Å². The quantitative estimate of drug-likeness (QED) is 0.738. The molecule has 0 radical (unpaired) electrons. The van der Waals surface area contributed by atoms with E-state index in [0.29, 0.717) is 12.6 Å². The van der Waals surface area contributed by atoms with E-state index >= 15 is 0 Å². The van der Waals surface area contributed by atoms with E-state index in [-0.39, 0.29) is 5.91 Å². The number of carbonyl (C=O) groups is 1. The number of amides is 1.